The zero-order valence-corrected chi connectivity index (χ0v) is 43.7. The van der Waals surface area contributed by atoms with E-state index in [2.05, 4.69) is 42.2 Å². The number of para-hydroxylation sites is 1. The van der Waals surface area contributed by atoms with Crippen molar-refractivity contribution in [1.29, 1.82) is 0 Å². The molecule has 7 amide bonds. The first-order chi connectivity index (χ1) is 35.8. The molecule has 75 heavy (non-hydrogen) atoms. The Balaban J connectivity index is 0.00000293. The van der Waals surface area contributed by atoms with E-state index < -0.39 is 114 Å². The molecule has 1 aliphatic heterocycles. The summed E-state index contributed by atoms with van der Waals surface area (Å²) >= 11 is 0. The van der Waals surface area contributed by atoms with Gasteiger partial charge in [0.2, 0.25) is 41.4 Å². The van der Waals surface area contributed by atoms with Gasteiger partial charge in [0, 0.05) is 48.4 Å². The fraction of sp³-hybridized carbons (Fsp3) is 0.451. The van der Waals surface area contributed by atoms with E-state index in [1.165, 1.54) is 13.8 Å². The molecule has 0 aliphatic carbocycles. The molecular formula is C51H70N10O12S2. The molecule has 22 nitrogen and oxygen atoms in total. The minimum Gasteiger partial charge on any atom is -0.481 e. The molecule has 1 aliphatic rings. The van der Waals surface area contributed by atoms with Crippen LogP contribution in [0.2, 0.25) is 0 Å². The Morgan fingerprint density at radius 1 is 0.720 bits per heavy atom. The number of aliphatic carboxylic acids is 1. The van der Waals surface area contributed by atoms with Crippen molar-refractivity contribution in [2.24, 2.45) is 11.5 Å². The Morgan fingerprint density at radius 3 is 1.89 bits per heavy atom. The first-order valence-electron chi connectivity index (χ1n) is 24.4. The quantitative estimate of drug-likeness (QED) is 0.0459. The van der Waals surface area contributed by atoms with Crippen LogP contribution in [0.5, 0.6) is 0 Å². The van der Waals surface area contributed by atoms with Gasteiger partial charge in [0.1, 0.15) is 36.3 Å². The lowest BCUT2D eigenvalue weighted by Gasteiger charge is -2.29. The van der Waals surface area contributed by atoms with E-state index >= 15 is 0 Å². The first kappa shape index (κ1) is 61.0. The van der Waals surface area contributed by atoms with Crippen molar-refractivity contribution in [3.8, 4) is 0 Å². The lowest BCUT2D eigenvalue weighted by atomic mass is 10.0. The van der Waals surface area contributed by atoms with Crippen LogP contribution in [0.15, 0.2) is 91.1 Å². The Labute approximate surface area is 442 Å². The summed E-state index contributed by atoms with van der Waals surface area (Å²) in [6.07, 6.45) is -0.156. The zero-order valence-electron chi connectivity index (χ0n) is 42.0. The summed E-state index contributed by atoms with van der Waals surface area (Å²) in [4.78, 5) is 112. The van der Waals surface area contributed by atoms with Crippen LogP contribution in [-0.2, 0) is 57.6 Å². The van der Waals surface area contributed by atoms with Crippen LogP contribution in [0.1, 0.15) is 56.7 Å². The highest BCUT2D eigenvalue weighted by atomic mass is 33.1. The predicted molar refractivity (Wildman–Crippen MR) is 285 cm³/mol. The number of aliphatic hydroxyl groups excluding tert-OH is 3. The lowest BCUT2D eigenvalue weighted by Crippen LogP contribution is -2.62. The number of nitrogens with one attached hydrogen (secondary N) is 8. The fourth-order valence-electron chi connectivity index (χ4n) is 7.73. The highest BCUT2D eigenvalue weighted by molar-refractivity contribution is 8.76. The summed E-state index contributed by atoms with van der Waals surface area (Å²) in [7, 11) is 2.06. The number of aromatic nitrogens is 1. The molecule has 24 heteroatoms. The van der Waals surface area contributed by atoms with Gasteiger partial charge in [-0.05, 0) is 68.8 Å². The van der Waals surface area contributed by atoms with Crippen molar-refractivity contribution in [1.82, 2.24) is 42.2 Å². The van der Waals surface area contributed by atoms with E-state index in [9.17, 15) is 48.9 Å². The maximum Gasteiger partial charge on any atom is 0.300 e. The van der Waals surface area contributed by atoms with Gasteiger partial charge in [-0.1, -0.05) is 100 Å². The van der Waals surface area contributed by atoms with Crippen molar-refractivity contribution in [3.63, 3.8) is 0 Å². The largest absolute Gasteiger partial charge is 0.481 e. The number of fused-ring (bicyclic) bond motifs is 1. The number of nitrogens with two attached hydrogens (primary N) is 2. The third-order valence-corrected chi connectivity index (χ3v) is 14.3. The molecule has 0 bridgehead atoms. The highest BCUT2D eigenvalue weighted by Crippen LogP contribution is 2.24. The number of unbranched alkanes of at least 4 members (excludes halogenated alkanes) is 1. The van der Waals surface area contributed by atoms with E-state index in [0.29, 0.717) is 24.0 Å². The van der Waals surface area contributed by atoms with Gasteiger partial charge >= 0.3 is 0 Å². The SMILES string of the molecule is CC(=O)O.C[C@@H](O)C1NC(=O)[C@H](CCCCN)NC(=O)[C@@H](Cc2c[nH]c3ccccc23)NC(=O)C(Cc2ccccc2)NC(=O)[C@@H](NC(=O)[C@H](N)Cc2ccccc2)CSSCC(C(=O)N[C@H](CO)[C@@H](C)O)NC1=O. The normalized spacial score (nSPS) is 21.9. The number of aliphatic hydroxyl groups is 3. The van der Waals surface area contributed by atoms with E-state index in [4.69, 9.17) is 21.4 Å². The molecule has 0 spiro atoms. The van der Waals surface area contributed by atoms with E-state index in [1.807, 2.05) is 30.3 Å². The summed E-state index contributed by atoms with van der Waals surface area (Å²) in [5.41, 5.74) is 15.0. The van der Waals surface area contributed by atoms with Crippen LogP contribution in [0.25, 0.3) is 10.9 Å². The van der Waals surface area contributed by atoms with Crippen LogP contribution >= 0.6 is 21.6 Å². The van der Waals surface area contributed by atoms with Crippen LogP contribution in [0, 0.1) is 0 Å². The van der Waals surface area contributed by atoms with E-state index in [1.54, 1.807) is 60.8 Å². The van der Waals surface area contributed by atoms with Gasteiger partial charge in [0.05, 0.1) is 30.9 Å². The molecule has 2 heterocycles. The second-order valence-corrected chi connectivity index (χ2v) is 20.5. The molecule has 16 N–H and O–H groups in total. The van der Waals surface area contributed by atoms with Gasteiger partial charge in [0.25, 0.3) is 5.97 Å². The maximum absolute atomic E-state index is 14.7. The molecular weight excluding hydrogens is 1010 g/mol. The Bertz CT molecular complexity index is 2500. The third-order valence-electron chi connectivity index (χ3n) is 11.9. The molecule has 1 fully saturated rings. The monoisotopic (exact) mass is 1080 g/mol. The van der Waals surface area contributed by atoms with Gasteiger partial charge in [-0.3, -0.25) is 38.4 Å². The number of aromatic amines is 1. The van der Waals surface area contributed by atoms with Crippen LogP contribution in [0.3, 0.4) is 0 Å². The first-order valence-corrected chi connectivity index (χ1v) is 26.9. The second-order valence-electron chi connectivity index (χ2n) is 18.0. The van der Waals surface area contributed by atoms with Gasteiger partial charge in [0.15, 0.2) is 0 Å². The van der Waals surface area contributed by atoms with Crippen LogP contribution in [0.4, 0.5) is 0 Å². The summed E-state index contributed by atoms with van der Waals surface area (Å²) in [5, 5.41) is 57.9. The number of hydrogen-bond donors (Lipinski definition) is 14. The number of H-pyrrole nitrogens is 1. The van der Waals surface area contributed by atoms with Crippen molar-refractivity contribution in [3.05, 3.63) is 108 Å². The van der Waals surface area contributed by atoms with Gasteiger partial charge in [-0.25, -0.2) is 0 Å². The number of rotatable bonds is 17. The molecule has 4 aromatic rings. The van der Waals surface area contributed by atoms with E-state index in [-0.39, 0.29) is 43.7 Å². The number of carboxylic acids is 1. The zero-order chi connectivity index (χ0) is 55.0. The molecule has 0 radical (unpaired) electrons. The van der Waals surface area contributed by atoms with Crippen molar-refractivity contribution in [2.45, 2.75) is 120 Å². The summed E-state index contributed by atoms with van der Waals surface area (Å²) in [6.45, 7) is 3.31. The van der Waals surface area contributed by atoms with Crippen LogP contribution in [-0.4, -0.2) is 158 Å². The standard InChI is InChI=1S/C49H66N10O10S2.C2H4O2/c1-28(61)39(25-60)56-48(68)41-27-71-70-26-40(57-43(63)34(51)21-30-13-5-3-6-14-30)47(67)54-37(22-31-15-7-4-8-16-31)45(65)55-38(23-32-24-52-35-18-10-9-17-33(32)35)46(66)53-36(19-11-12-20-50)44(64)59-42(29(2)62)49(69)58-41;1-2(3)4/h3-10,13-18,24,28-29,34,36-42,52,60-62H,11-12,19-23,25-27,50-51H2,1-2H3,(H,53,66)(H,54,67)(H,55,65)(H,56,68)(H,57,63)(H,58,69)(H,59,64);1H3,(H,3,4)/t28-,29-,34-,36+,37?,38-,39-,40+,41?,42?;/m1./s1. The summed E-state index contributed by atoms with van der Waals surface area (Å²) in [6, 6.07) is 14.6. The van der Waals surface area contributed by atoms with Crippen molar-refractivity contribution < 1.29 is 58.8 Å². The van der Waals surface area contributed by atoms with Crippen molar-refractivity contribution >= 4 is 79.8 Å². The number of carbonyl (C=O) groups excluding carboxylic acids is 7. The highest BCUT2D eigenvalue weighted by Gasteiger charge is 2.36. The minimum absolute atomic E-state index is 0.0340. The molecule has 5 rings (SSSR count). The average Bonchev–Trinajstić information content (AvgIpc) is 3.78. The average molecular weight is 1080 g/mol. The number of carboxylic acid groups (broad SMARTS) is 1. The Morgan fingerprint density at radius 2 is 1.28 bits per heavy atom. The molecule has 0 saturated carbocycles. The molecule has 10 atom stereocenters. The topological polar surface area (TPSA) is 370 Å². The Kier molecular flexibility index (Phi) is 25.5. The minimum atomic E-state index is -1.66. The molecule has 1 aromatic heterocycles. The third kappa shape index (κ3) is 20.3. The molecule has 1 saturated heterocycles. The molecule has 3 aromatic carbocycles. The maximum atomic E-state index is 14.7. The smallest absolute Gasteiger partial charge is 0.300 e. The summed E-state index contributed by atoms with van der Waals surface area (Å²) in [5.74, 6) is -6.84. The van der Waals surface area contributed by atoms with Gasteiger partial charge < -0.3 is 74.1 Å². The number of carbonyl (C=O) groups is 8. The predicted octanol–water partition coefficient (Wildman–Crippen LogP) is -0.714. The number of benzene rings is 3. The summed E-state index contributed by atoms with van der Waals surface area (Å²) < 4.78 is 0. The molecule has 408 valence electrons. The number of amides is 7. The van der Waals surface area contributed by atoms with Crippen LogP contribution < -0.4 is 48.7 Å². The molecule has 3 unspecified atom stereocenters. The number of hydrogen-bond acceptors (Lipinski definition) is 15. The lowest BCUT2D eigenvalue weighted by molar-refractivity contribution is -0.136. The second kappa shape index (κ2) is 31.4. The van der Waals surface area contributed by atoms with Gasteiger partial charge in [-0.2, -0.15) is 0 Å². The Hall–Kier alpha value is -6.54. The van der Waals surface area contributed by atoms with E-state index in [0.717, 1.165) is 45.0 Å². The fourth-order valence-corrected chi connectivity index (χ4v) is 10.1. The van der Waals surface area contributed by atoms with Crippen molar-refractivity contribution in [2.75, 3.05) is 24.7 Å². The van der Waals surface area contributed by atoms with Gasteiger partial charge in [-0.15, -0.1) is 0 Å².